The fourth-order valence-electron chi connectivity index (χ4n) is 6.64. The van der Waals surface area contributed by atoms with Crippen molar-refractivity contribution in [2.45, 2.75) is 58.3 Å². The van der Waals surface area contributed by atoms with Gasteiger partial charge in [-0.1, -0.05) is 6.92 Å². The molecular formula is C30H33ClN4O4. The maximum atomic E-state index is 13.4. The lowest BCUT2D eigenvalue weighted by molar-refractivity contribution is -0.119. The Hall–Kier alpha value is -3.65. The van der Waals surface area contributed by atoms with Crippen molar-refractivity contribution in [2.75, 3.05) is 28.8 Å². The van der Waals surface area contributed by atoms with E-state index < -0.39 is 0 Å². The van der Waals surface area contributed by atoms with Gasteiger partial charge in [0.2, 0.25) is 11.8 Å². The van der Waals surface area contributed by atoms with Crippen molar-refractivity contribution in [3.05, 3.63) is 46.8 Å². The summed E-state index contributed by atoms with van der Waals surface area (Å²) in [6.07, 6.45) is 5.48. The predicted octanol–water partition coefficient (Wildman–Crippen LogP) is 6.06. The Balaban J connectivity index is 1.19. The molecular weight excluding hydrogens is 516 g/mol. The minimum atomic E-state index is -0.0841. The van der Waals surface area contributed by atoms with Crippen LogP contribution in [0.1, 0.15) is 66.7 Å². The van der Waals surface area contributed by atoms with E-state index in [-0.39, 0.29) is 48.0 Å². The third-order valence-corrected chi connectivity index (χ3v) is 8.94. The first-order chi connectivity index (χ1) is 18.7. The largest absolute Gasteiger partial charge is 0.506 e. The number of phenolic OH excluding ortho intramolecular Hbond substituents is 2. The Morgan fingerprint density at radius 1 is 0.872 bits per heavy atom. The zero-order valence-electron chi connectivity index (χ0n) is 22.4. The number of aromatic nitrogens is 2. The molecule has 0 aliphatic carbocycles. The summed E-state index contributed by atoms with van der Waals surface area (Å²) in [6.45, 7) is 7.13. The van der Waals surface area contributed by atoms with Gasteiger partial charge in [-0.05, 0) is 48.9 Å². The highest BCUT2D eigenvalue weighted by Crippen LogP contribution is 2.48. The molecule has 2 aliphatic heterocycles. The molecule has 0 radical (unpaired) electrons. The molecule has 0 saturated heterocycles. The topological polar surface area (TPSA) is 113 Å². The van der Waals surface area contributed by atoms with Crippen molar-refractivity contribution in [1.29, 1.82) is 0 Å². The first kappa shape index (κ1) is 25.6. The summed E-state index contributed by atoms with van der Waals surface area (Å²) in [5.74, 6) is 0.643. The lowest BCUT2D eigenvalue weighted by Gasteiger charge is -2.20. The molecule has 0 spiro atoms. The van der Waals surface area contributed by atoms with Crippen LogP contribution in [0.5, 0.6) is 11.5 Å². The second kappa shape index (κ2) is 9.52. The van der Waals surface area contributed by atoms with E-state index in [2.05, 4.69) is 16.9 Å². The number of anilines is 2. The number of hydrogen-bond donors (Lipinski definition) is 4. The number of H-pyrrole nitrogens is 2. The number of fused-ring (bicyclic) bond motifs is 6. The molecule has 2 atom stereocenters. The molecule has 204 valence electrons. The van der Waals surface area contributed by atoms with Gasteiger partial charge < -0.3 is 30.0 Å². The molecule has 9 heteroatoms. The Bertz CT molecular complexity index is 1520. The molecule has 6 rings (SSSR count). The first-order valence-corrected chi connectivity index (χ1v) is 14.1. The number of aryl methyl sites for hydroxylation is 2. The van der Waals surface area contributed by atoms with Gasteiger partial charge in [0.05, 0.1) is 22.4 Å². The number of rotatable bonds is 6. The predicted molar refractivity (Wildman–Crippen MR) is 154 cm³/mol. The Morgan fingerprint density at radius 2 is 1.33 bits per heavy atom. The molecule has 0 saturated carbocycles. The summed E-state index contributed by atoms with van der Waals surface area (Å²) in [7, 11) is 0. The van der Waals surface area contributed by atoms with E-state index in [1.807, 2.05) is 26.2 Å². The zero-order chi connectivity index (χ0) is 27.6. The monoisotopic (exact) mass is 548 g/mol. The van der Waals surface area contributed by atoms with E-state index in [0.717, 1.165) is 45.1 Å². The number of benzene rings is 2. The summed E-state index contributed by atoms with van der Waals surface area (Å²) in [5.41, 5.74) is 7.00. The minimum absolute atomic E-state index is 0.0293. The van der Waals surface area contributed by atoms with E-state index in [1.54, 1.807) is 21.9 Å². The summed E-state index contributed by atoms with van der Waals surface area (Å²) < 4.78 is 0. The van der Waals surface area contributed by atoms with Crippen LogP contribution in [0.15, 0.2) is 24.5 Å². The Morgan fingerprint density at radius 3 is 1.79 bits per heavy atom. The standard InChI is InChI=1S/C30H33ClN4O4/c1-4-17-13-34(19-8-21(36)29-25(27(17)19)15(2)11-32-29)23(38)6-5-7-24(39)35-14-18(10-31)28-20(35)9-22(37)30-26(28)16(3)12-33-30/h8-9,11-12,17-18,32-33,36-37H,4-7,10,13-14H2,1-3H3/t17-,18-/m1/s1. The number of alkyl halides is 1. The van der Waals surface area contributed by atoms with E-state index in [9.17, 15) is 19.8 Å². The number of aromatic amines is 2. The SMILES string of the molecule is CC[C@@H]1CN(C(=O)CCCC(=O)N2C[C@@H](CCl)c3c2cc(O)c2[nH]cc(C)c32)c2cc(O)c3[nH]cc(C)c3c21. The van der Waals surface area contributed by atoms with Crippen LogP contribution in [-0.4, -0.2) is 51.0 Å². The van der Waals surface area contributed by atoms with Gasteiger partial charge in [0.25, 0.3) is 0 Å². The number of halogens is 1. The molecule has 2 amide bonds. The number of amides is 2. The Labute approximate surface area is 231 Å². The third-order valence-electron chi connectivity index (χ3n) is 8.57. The second-order valence-electron chi connectivity index (χ2n) is 10.9. The second-order valence-corrected chi connectivity index (χ2v) is 11.2. The van der Waals surface area contributed by atoms with Gasteiger partial charge in [0, 0.05) is 78.9 Å². The normalized spacial score (nSPS) is 18.4. The van der Waals surface area contributed by atoms with E-state index in [1.165, 1.54) is 0 Å². The van der Waals surface area contributed by atoms with Crippen LogP contribution in [0.2, 0.25) is 0 Å². The summed E-state index contributed by atoms with van der Waals surface area (Å²) in [5, 5.41) is 23.2. The van der Waals surface area contributed by atoms with Gasteiger partial charge >= 0.3 is 0 Å². The smallest absolute Gasteiger partial charge is 0.227 e. The van der Waals surface area contributed by atoms with Crippen LogP contribution in [-0.2, 0) is 9.59 Å². The number of aromatic hydroxyl groups is 2. The maximum absolute atomic E-state index is 13.4. The van der Waals surface area contributed by atoms with Crippen LogP contribution < -0.4 is 9.80 Å². The van der Waals surface area contributed by atoms with Crippen molar-refractivity contribution in [2.24, 2.45) is 0 Å². The van der Waals surface area contributed by atoms with Crippen LogP contribution in [0.4, 0.5) is 11.4 Å². The fourth-order valence-corrected chi connectivity index (χ4v) is 6.89. The first-order valence-electron chi connectivity index (χ1n) is 13.6. The summed E-state index contributed by atoms with van der Waals surface area (Å²) in [6, 6.07) is 3.33. The van der Waals surface area contributed by atoms with Crippen molar-refractivity contribution in [3.63, 3.8) is 0 Å². The molecule has 0 fully saturated rings. The molecule has 2 aliphatic rings. The van der Waals surface area contributed by atoms with Gasteiger partial charge in [-0.2, -0.15) is 0 Å². The van der Waals surface area contributed by atoms with E-state index in [4.69, 9.17) is 11.6 Å². The molecule has 0 unspecified atom stereocenters. The molecule has 39 heavy (non-hydrogen) atoms. The van der Waals surface area contributed by atoms with Crippen LogP contribution in [0.25, 0.3) is 21.8 Å². The van der Waals surface area contributed by atoms with Crippen LogP contribution in [0.3, 0.4) is 0 Å². The van der Waals surface area contributed by atoms with Gasteiger partial charge in [0.1, 0.15) is 11.5 Å². The molecule has 4 N–H and O–H groups in total. The average Bonchev–Trinajstić information content (AvgIpc) is 3.67. The van der Waals surface area contributed by atoms with Crippen molar-refractivity contribution in [1.82, 2.24) is 9.97 Å². The number of carbonyl (C=O) groups excluding carboxylic acids is 2. The summed E-state index contributed by atoms with van der Waals surface area (Å²) in [4.78, 5) is 36.5. The maximum Gasteiger partial charge on any atom is 0.227 e. The average molecular weight is 549 g/mol. The van der Waals surface area contributed by atoms with Crippen LogP contribution in [0, 0.1) is 13.8 Å². The van der Waals surface area contributed by atoms with E-state index in [0.29, 0.717) is 42.1 Å². The van der Waals surface area contributed by atoms with Crippen molar-refractivity contribution >= 4 is 56.6 Å². The number of phenols is 2. The fraction of sp³-hybridized carbons (Fsp3) is 0.400. The number of hydrogen-bond acceptors (Lipinski definition) is 4. The molecule has 8 nitrogen and oxygen atoms in total. The highest BCUT2D eigenvalue weighted by Gasteiger charge is 2.37. The molecule has 2 aromatic carbocycles. The van der Waals surface area contributed by atoms with Crippen molar-refractivity contribution < 1.29 is 19.8 Å². The zero-order valence-corrected chi connectivity index (χ0v) is 23.2. The lowest BCUT2D eigenvalue weighted by Crippen LogP contribution is -2.31. The van der Waals surface area contributed by atoms with E-state index >= 15 is 0 Å². The molecule has 4 heterocycles. The number of carbonyl (C=O) groups is 2. The number of nitrogens with zero attached hydrogens (tertiary/aromatic N) is 2. The van der Waals surface area contributed by atoms with Gasteiger partial charge in [-0.15, -0.1) is 11.6 Å². The Kier molecular flexibility index (Phi) is 6.25. The van der Waals surface area contributed by atoms with Gasteiger partial charge in [-0.25, -0.2) is 0 Å². The van der Waals surface area contributed by atoms with Crippen LogP contribution >= 0.6 is 11.6 Å². The highest BCUT2D eigenvalue weighted by molar-refractivity contribution is 6.19. The lowest BCUT2D eigenvalue weighted by atomic mass is 9.93. The van der Waals surface area contributed by atoms with Gasteiger partial charge in [-0.3, -0.25) is 9.59 Å². The molecule has 0 bridgehead atoms. The summed E-state index contributed by atoms with van der Waals surface area (Å²) >= 11 is 6.32. The van der Waals surface area contributed by atoms with Crippen molar-refractivity contribution in [3.8, 4) is 11.5 Å². The highest BCUT2D eigenvalue weighted by atomic mass is 35.5. The minimum Gasteiger partial charge on any atom is -0.506 e. The third kappa shape index (κ3) is 3.87. The number of nitrogens with one attached hydrogen (secondary N) is 2. The molecule has 4 aromatic rings. The van der Waals surface area contributed by atoms with Gasteiger partial charge in [0.15, 0.2) is 0 Å². The quantitative estimate of drug-likeness (QED) is 0.219. The molecule has 2 aromatic heterocycles.